The Bertz CT molecular complexity index is 1290. The molecular formula is C21H15ClN2O3S. The Balaban J connectivity index is 1.67. The summed E-state index contributed by atoms with van der Waals surface area (Å²) in [6.45, 7) is 0. The highest BCUT2D eigenvalue weighted by Crippen LogP contribution is 2.29. The maximum atomic E-state index is 11.7. The first-order valence-electron chi connectivity index (χ1n) is 8.40. The van der Waals surface area contributed by atoms with Gasteiger partial charge in [0.1, 0.15) is 17.0 Å². The van der Waals surface area contributed by atoms with E-state index in [0.717, 1.165) is 11.8 Å². The molecule has 0 fully saturated rings. The maximum absolute atomic E-state index is 11.7. The molecule has 0 radical (unpaired) electrons. The van der Waals surface area contributed by atoms with Gasteiger partial charge in [-0.25, -0.2) is 13.4 Å². The van der Waals surface area contributed by atoms with Crippen LogP contribution in [0.4, 0.5) is 0 Å². The monoisotopic (exact) mass is 410 g/mol. The number of nitrogens with zero attached hydrogens (tertiary/aromatic N) is 2. The smallest absolute Gasteiger partial charge is 0.175 e. The van der Waals surface area contributed by atoms with Crippen LogP contribution in [0.2, 0.25) is 5.02 Å². The summed E-state index contributed by atoms with van der Waals surface area (Å²) in [4.78, 5) is 9.23. The van der Waals surface area contributed by atoms with E-state index in [0.29, 0.717) is 33.2 Å². The van der Waals surface area contributed by atoms with Crippen LogP contribution in [0.25, 0.3) is 22.3 Å². The van der Waals surface area contributed by atoms with Gasteiger partial charge in [0, 0.05) is 11.8 Å². The molecule has 0 saturated heterocycles. The summed E-state index contributed by atoms with van der Waals surface area (Å²) >= 11 is 6.15. The van der Waals surface area contributed by atoms with E-state index < -0.39 is 9.84 Å². The standard InChI is InChI=1S/C21H15ClN2O3S/c1-28(25,26)17-8-3-7-16(12-17)27-15-6-2-5-14(11-15)20-13-23-21-18(22)9-4-10-19(21)24-20/h2-13H,1H3. The van der Waals surface area contributed by atoms with Crippen LogP contribution in [0, 0.1) is 0 Å². The van der Waals surface area contributed by atoms with Crippen molar-refractivity contribution in [3.63, 3.8) is 0 Å². The van der Waals surface area contributed by atoms with E-state index in [1.165, 1.54) is 12.1 Å². The quantitative estimate of drug-likeness (QED) is 0.465. The van der Waals surface area contributed by atoms with Gasteiger partial charge in [-0.15, -0.1) is 0 Å². The molecule has 4 rings (SSSR count). The number of benzene rings is 3. The number of halogens is 1. The number of rotatable bonds is 4. The molecule has 1 heterocycles. The van der Waals surface area contributed by atoms with Crippen LogP contribution in [0.5, 0.6) is 11.5 Å². The van der Waals surface area contributed by atoms with Crippen molar-refractivity contribution < 1.29 is 13.2 Å². The molecule has 3 aromatic carbocycles. The zero-order chi connectivity index (χ0) is 19.7. The first-order chi connectivity index (χ1) is 13.4. The maximum Gasteiger partial charge on any atom is 0.175 e. The van der Waals surface area contributed by atoms with E-state index in [-0.39, 0.29) is 4.90 Å². The van der Waals surface area contributed by atoms with Crippen LogP contribution < -0.4 is 4.74 Å². The molecule has 1 aromatic heterocycles. The van der Waals surface area contributed by atoms with Crippen LogP contribution in [0.3, 0.4) is 0 Å². The zero-order valence-electron chi connectivity index (χ0n) is 14.8. The Morgan fingerprint density at radius 1 is 0.929 bits per heavy atom. The zero-order valence-corrected chi connectivity index (χ0v) is 16.4. The Kier molecular flexibility index (Phi) is 4.75. The molecule has 140 valence electrons. The van der Waals surface area contributed by atoms with Crippen molar-refractivity contribution in [3.8, 4) is 22.8 Å². The normalized spacial score (nSPS) is 11.5. The van der Waals surface area contributed by atoms with E-state index >= 15 is 0 Å². The molecule has 0 aliphatic rings. The third kappa shape index (κ3) is 3.83. The number of hydrogen-bond acceptors (Lipinski definition) is 5. The van der Waals surface area contributed by atoms with Gasteiger partial charge in [-0.1, -0.05) is 35.9 Å². The van der Waals surface area contributed by atoms with Gasteiger partial charge in [0.2, 0.25) is 0 Å². The predicted molar refractivity (Wildman–Crippen MR) is 110 cm³/mol. The lowest BCUT2D eigenvalue weighted by Crippen LogP contribution is -1.97. The molecular weight excluding hydrogens is 396 g/mol. The lowest BCUT2D eigenvalue weighted by atomic mass is 10.1. The highest BCUT2D eigenvalue weighted by Gasteiger charge is 2.10. The number of ether oxygens (including phenoxy) is 1. The minimum absolute atomic E-state index is 0.207. The summed E-state index contributed by atoms with van der Waals surface area (Å²) in [5, 5.41) is 0.555. The molecule has 0 amide bonds. The predicted octanol–water partition coefficient (Wildman–Crippen LogP) is 5.15. The minimum atomic E-state index is -3.30. The SMILES string of the molecule is CS(=O)(=O)c1cccc(Oc2cccc(-c3cnc4c(Cl)cccc4n3)c2)c1. The Labute approximate surface area is 167 Å². The molecule has 7 heteroatoms. The fourth-order valence-electron chi connectivity index (χ4n) is 2.77. The van der Waals surface area contributed by atoms with Crippen LogP contribution in [-0.4, -0.2) is 24.6 Å². The molecule has 0 bridgehead atoms. The summed E-state index contributed by atoms with van der Waals surface area (Å²) in [5.74, 6) is 1.01. The van der Waals surface area contributed by atoms with Crippen molar-refractivity contribution in [1.82, 2.24) is 9.97 Å². The summed E-state index contributed by atoms with van der Waals surface area (Å²) in [7, 11) is -3.30. The van der Waals surface area contributed by atoms with Gasteiger partial charge in [-0.3, -0.25) is 4.98 Å². The third-order valence-electron chi connectivity index (χ3n) is 4.12. The number of sulfone groups is 1. The van der Waals surface area contributed by atoms with Gasteiger partial charge in [0.25, 0.3) is 0 Å². The second-order valence-electron chi connectivity index (χ2n) is 6.24. The van der Waals surface area contributed by atoms with Gasteiger partial charge in [0.15, 0.2) is 9.84 Å². The van der Waals surface area contributed by atoms with Crippen molar-refractivity contribution >= 4 is 32.5 Å². The Morgan fingerprint density at radius 3 is 2.43 bits per heavy atom. The fourth-order valence-corrected chi connectivity index (χ4v) is 3.64. The second-order valence-corrected chi connectivity index (χ2v) is 8.66. The molecule has 28 heavy (non-hydrogen) atoms. The fraction of sp³-hybridized carbons (Fsp3) is 0.0476. The number of hydrogen-bond donors (Lipinski definition) is 0. The van der Waals surface area contributed by atoms with Crippen LogP contribution in [-0.2, 0) is 9.84 Å². The van der Waals surface area contributed by atoms with Crippen molar-refractivity contribution in [3.05, 3.63) is 77.9 Å². The molecule has 0 aliphatic heterocycles. The molecule has 4 aromatic rings. The van der Waals surface area contributed by atoms with Gasteiger partial charge >= 0.3 is 0 Å². The van der Waals surface area contributed by atoms with Crippen LogP contribution in [0.15, 0.2) is 77.8 Å². The van der Waals surface area contributed by atoms with E-state index in [1.54, 1.807) is 30.5 Å². The summed E-state index contributed by atoms with van der Waals surface area (Å²) in [5.41, 5.74) is 2.87. The average Bonchev–Trinajstić information content (AvgIpc) is 2.68. The van der Waals surface area contributed by atoms with Crippen LogP contribution >= 0.6 is 11.6 Å². The molecule has 0 N–H and O–H groups in total. The summed E-state index contributed by atoms with van der Waals surface area (Å²) < 4.78 is 29.3. The highest BCUT2D eigenvalue weighted by molar-refractivity contribution is 7.90. The molecule has 5 nitrogen and oxygen atoms in total. The number of para-hydroxylation sites is 1. The molecule has 0 saturated carbocycles. The first-order valence-corrected chi connectivity index (χ1v) is 10.7. The van der Waals surface area contributed by atoms with Crippen molar-refractivity contribution in [2.24, 2.45) is 0 Å². The van der Waals surface area contributed by atoms with Gasteiger partial charge in [-0.05, 0) is 42.5 Å². The second kappa shape index (κ2) is 7.22. The number of fused-ring (bicyclic) bond motifs is 1. The summed E-state index contributed by atoms with van der Waals surface area (Å²) in [6.07, 6.45) is 2.83. The largest absolute Gasteiger partial charge is 0.457 e. The molecule has 0 atom stereocenters. The first kappa shape index (κ1) is 18.4. The molecule has 0 aliphatic carbocycles. The van der Waals surface area contributed by atoms with Gasteiger partial charge in [-0.2, -0.15) is 0 Å². The van der Waals surface area contributed by atoms with Crippen LogP contribution in [0.1, 0.15) is 0 Å². The third-order valence-corrected chi connectivity index (χ3v) is 5.54. The van der Waals surface area contributed by atoms with E-state index in [2.05, 4.69) is 9.97 Å². The summed E-state index contributed by atoms with van der Waals surface area (Å²) in [6, 6.07) is 19.2. The highest BCUT2D eigenvalue weighted by atomic mass is 35.5. The average molecular weight is 411 g/mol. The molecule has 0 spiro atoms. The van der Waals surface area contributed by atoms with Crippen molar-refractivity contribution in [2.75, 3.05) is 6.26 Å². The lowest BCUT2D eigenvalue weighted by molar-refractivity contribution is 0.481. The van der Waals surface area contributed by atoms with E-state index in [1.807, 2.05) is 30.3 Å². The topological polar surface area (TPSA) is 69.2 Å². The Hall–Kier alpha value is -2.96. The Morgan fingerprint density at radius 2 is 1.64 bits per heavy atom. The van der Waals surface area contributed by atoms with Crippen molar-refractivity contribution in [2.45, 2.75) is 4.90 Å². The van der Waals surface area contributed by atoms with Crippen molar-refractivity contribution in [1.29, 1.82) is 0 Å². The van der Waals surface area contributed by atoms with Gasteiger partial charge in [0.05, 0.1) is 27.3 Å². The number of aromatic nitrogens is 2. The lowest BCUT2D eigenvalue weighted by Gasteiger charge is -2.09. The molecule has 0 unspecified atom stereocenters. The van der Waals surface area contributed by atoms with Gasteiger partial charge < -0.3 is 4.74 Å². The van der Waals surface area contributed by atoms with E-state index in [4.69, 9.17) is 16.3 Å². The van der Waals surface area contributed by atoms with E-state index in [9.17, 15) is 8.42 Å². The minimum Gasteiger partial charge on any atom is -0.457 e.